The Morgan fingerprint density at radius 2 is 1.83 bits per heavy atom. The van der Waals surface area contributed by atoms with Gasteiger partial charge < -0.3 is 19.7 Å². The van der Waals surface area contributed by atoms with Crippen LogP contribution in [0.3, 0.4) is 0 Å². The first-order valence-corrected chi connectivity index (χ1v) is 12.3. The fourth-order valence-corrected chi connectivity index (χ4v) is 4.23. The fraction of sp³-hybridized carbons (Fsp3) is 0.800. The number of piperazine rings is 1. The molecule has 0 aromatic carbocycles. The van der Waals surface area contributed by atoms with Gasteiger partial charge in [-0.15, -0.1) is 10.2 Å². The Morgan fingerprint density at radius 1 is 1.10 bits per heavy atom. The van der Waals surface area contributed by atoms with Crippen LogP contribution in [0.15, 0.2) is 4.99 Å². The largest absolute Gasteiger partial charge is 0.356 e. The summed E-state index contributed by atoms with van der Waals surface area (Å²) >= 11 is 1.86. The second-order valence-electron chi connectivity index (χ2n) is 7.99. The molecule has 0 atom stereocenters. The van der Waals surface area contributed by atoms with Crippen molar-refractivity contribution < 1.29 is 4.79 Å². The van der Waals surface area contributed by atoms with E-state index in [1.54, 1.807) is 0 Å². The van der Waals surface area contributed by atoms with Gasteiger partial charge in [0.1, 0.15) is 12.4 Å². The first-order chi connectivity index (χ1) is 14.6. The molecule has 9 nitrogen and oxygen atoms in total. The average molecular weight is 437 g/mol. The number of aryl methyl sites for hydroxylation is 1. The molecule has 3 heterocycles. The third kappa shape index (κ3) is 6.34. The molecule has 1 amide bonds. The van der Waals surface area contributed by atoms with Gasteiger partial charge in [0.2, 0.25) is 5.91 Å². The molecule has 3 rings (SSSR count). The van der Waals surface area contributed by atoms with E-state index < -0.39 is 0 Å². The van der Waals surface area contributed by atoms with Crippen LogP contribution < -0.4 is 5.32 Å². The summed E-state index contributed by atoms with van der Waals surface area (Å²) in [5.41, 5.74) is 0. The van der Waals surface area contributed by atoms with Crippen LogP contribution in [0.1, 0.15) is 30.9 Å². The van der Waals surface area contributed by atoms with E-state index in [-0.39, 0.29) is 5.91 Å². The Labute approximate surface area is 184 Å². The van der Waals surface area contributed by atoms with Crippen LogP contribution in [0.5, 0.6) is 0 Å². The third-order valence-electron chi connectivity index (χ3n) is 5.85. The molecule has 0 spiro atoms. The zero-order chi connectivity index (χ0) is 21.3. The minimum atomic E-state index is 0.280. The van der Waals surface area contributed by atoms with Crippen LogP contribution in [0.25, 0.3) is 0 Å². The Balaban J connectivity index is 1.54. The van der Waals surface area contributed by atoms with Gasteiger partial charge >= 0.3 is 0 Å². The molecule has 30 heavy (non-hydrogen) atoms. The standard InChI is InChI=1S/C20H36N8OS/c1-17-23-24-18(25(17)2)15-22-20(21-7-6-14-30-3)28-12-10-26(11-13-28)16-19(29)27-8-4-5-9-27/h4-16H2,1-3H3,(H,21,22). The van der Waals surface area contributed by atoms with E-state index in [9.17, 15) is 4.79 Å². The summed E-state index contributed by atoms with van der Waals surface area (Å²) in [7, 11) is 1.97. The Morgan fingerprint density at radius 3 is 2.47 bits per heavy atom. The Hall–Kier alpha value is -1.81. The van der Waals surface area contributed by atoms with Crippen molar-refractivity contribution in [2.24, 2.45) is 12.0 Å². The van der Waals surface area contributed by atoms with Gasteiger partial charge in [0.05, 0.1) is 6.54 Å². The number of likely N-dealkylation sites (tertiary alicyclic amines) is 1. The summed E-state index contributed by atoms with van der Waals surface area (Å²) in [6, 6.07) is 0. The molecule has 1 N–H and O–H groups in total. The molecule has 1 aromatic rings. The van der Waals surface area contributed by atoms with Gasteiger partial charge in [-0.25, -0.2) is 4.99 Å². The summed E-state index contributed by atoms with van der Waals surface area (Å²) in [6.07, 6.45) is 5.53. The number of carbonyl (C=O) groups excluding carboxylic acids is 1. The third-order valence-corrected chi connectivity index (χ3v) is 6.55. The van der Waals surface area contributed by atoms with Crippen LogP contribution in [-0.4, -0.2) is 106 Å². The van der Waals surface area contributed by atoms with Crippen molar-refractivity contribution in [3.63, 3.8) is 0 Å². The van der Waals surface area contributed by atoms with Crippen molar-refractivity contribution in [3.8, 4) is 0 Å². The summed E-state index contributed by atoms with van der Waals surface area (Å²) < 4.78 is 1.98. The van der Waals surface area contributed by atoms with Gasteiger partial charge in [0, 0.05) is 52.9 Å². The van der Waals surface area contributed by atoms with Gasteiger partial charge in [-0.3, -0.25) is 9.69 Å². The SMILES string of the molecule is CSCCCNC(=NCc1nnc(C)n1C)N1CCN(CC(=O)N2CCCC2)CC1. The number of aliphatic imine (C=N–C) groups is 1. The summed E-state index contributed by atoms with van der Waals surface area (Å²) in [5, 5.41) is 11.9. The van der Waals surface area contributed by atoms with Crippen LogP contribution in [0, 0.1) is 6.92 Å². The number of guanidine groups is 1. The fourth-order valence-electron chi connectivity index (χ4n) is 3.79. The second kappa shape index (κ2) is 11.5. The van der Waals surface area contributed by atoms with Crippen LogP contribution in [-0.2, 0) is 18.4 Å². The molecule has 1 aromatic heterocycles. The number of thioether (sulfide) groups is 1. The lowest BCUT2D eigenvalue weighted by Crippen LogP contribution is -2.54. The van der Waals surface area contributed by atoms with Crippen molar-refractivity contribution in [1.82, 2.24) is 34.8 Å². The maximum Gasteiger partial charge on any atom is 0.236 e. The van der Waals surface area contributed by atoms with Crippen LogP contribution in [0.2, 0.25) is 0 Å². The average Bonchev–Trinajstić information content (AvgIpc) is 3.40. The van der Waals surface area contributed by atoms with Gasteiger partial charge in [-0.05, 0) is 38.2 Å². The lowest BCUT2D eigenvalue weighted by Gasteiger charge is -2.36. The van der Waals surface area contributed by atoms with Gasteiger partial charge in [-0.1, -0.05) is 0 Å². The monoisotopic (exact) mass is 436 g/mol. The molecule has 0 unspecified atom stereocenters. The number of hydrogen-bond acceptors (Lipinski definition) is 6. The van der Waals surface area contributed by atoms with Crippen molar-refractivity contribution in [2.75, 3.05) is 64.4 Å². The lowest BCUT2D eigenvalue weighted by atomic mass is 10.3. The molecule has 2 aliphatic rings. The second-order valence-corrected chi connectivity index (χ2v) is 8.97. The number of aromatic nitrogens is 3. The van der Waals surface area contributed by atoms with Gasteiger partial charge in [0.25, 0.3) is 0 Å². The maximum absolute atomic E-state index is 12.4. The highest BCUT2D eigenvalue weighted by molar-refractivity contribution is 7.98. The Bertz CT molecular complexity index is 708. The number of nitrogens with zero attached hydrogens (tertiary/aromatic N) is 7. The van der Waals surface area contributed by atoms with Gasteiger partial charge in [0.15, 0.2) is 11.8 Å². The van der Waals surface area contributed by atoms with Crippen molar-refractivity contribution in [2.45, 2.75) is 32.7 Å². The Kier molecular flexibility index (Phi) is 8.80. The molecule has 2 fully saturated rings. The molecular weight excluding hydrogens is 400 g/mol. The van der Waals surface area contributed by atoms with E-state index in [0.29, 0.717) is 13.1 Å². The minimum absolute atomic E-state index is 0.280. The molecule has 0 bridgehead atoms. The topological polar surface area (TPSA) is 81.9 Å². The van der Waals surface area contributed by atoms with E-state index in [4.69, 9.17) is 4.99 Å². The van der Waals surface area contributed by atoms with Crippen molar-refractivity contribution in [3.05, 3.63) is 11.6 Å². The van der Waals surface area contributed by atoms with Crippen LogP contribution >= 0.6 is 11.8 Å². The predicted octanol–water partition coefficient (Wildman–Crippen LogP) is 0.562. The normalized spacial score (nSPS) is 18.3. The highest BCUT2D eigenvalue weighted by atomic mass is 32.2. The number of hydrogen-bond donors (Lipinski definition) is 1. The van der Waals surface area contributed by atoms with Gasteiger partial charge in [-0.2, -0.15) is 11.8 Å². The molecule has 2 saturated heterocycles. The highest BCUT2D eigenvalue weighted by Crippen LogP contribution is 2.10. The molecule has 0 aliphatic carbocycles. The zero-order valence-electron chi connectivity index (χ0n) is 18.6. The van der Waals surface area contributed by atoms with Crippen molar-refractivity contribution >= 4 is 23.6 Å². The minimum Gasteiger partial charge on any atom is -0.356 e. The number of amides is 1. The predicted molar refractivity (Wildman–Crippen MR) is 122 cm³/mol. The highest BCUT2D eigenvalue weighted by Gasteiger charge is 2.24. The van der Waals surface area contributed by atoms with E-state index in [1.807, 2.05) is 35.2 Å². The maximum atomic E-state index is 12.4. The molecule has 0 radical (unpaired) electrons. The molecule has 168 valence electrons. The number of rotatable bonds is 8. The van der Waals surface area contributed by atoms with Crippen molar-refractivity contribution in [1.29, 1.82) is 0 Å². The van der Waals surface area contributed by atoms with Crippen LogP contribution in [0.4, 0.5) is 0 Å². The summed E-state index contributed by atoms with van der Waals surface area (Å²) in [4.78, 5) is 23.9. The molecule has 0 saturated carbocycles. The smallest absolute Gasteiger partial charge is 0.236 e. The molecule has 2 aliphatic heterocycles. The quantitative estimate of drug-likeness (QED) is 0.362. The van der Waals surface area contributed by atoms with E-state index in [1.165, 1.54) is 0 Å². The first kappa shape index (κ1) is 22.9. The van der Waals surface area contributed by atoms with E-state index in [0.717, 1.165) is 88.4 Å². The summed E-state index contributed by atoms with van der Waals surface area (Å²) in [5.74, 6) is 4.11. The lowest BCUT2D eigenvalue weighted by molar-refractivity contribution is -0.131. The van der Waals surface area contributed by atoms with E-state index in [2.05, 4.69) is 31.6 Å². The number of carbonyl (C=O) groups is 1. The first-order valence-electron chi connectivity index (χ1n) is 11.0. The van der Waals surface area contributed by atoms with E-state index >= 15 is 0 Å². The summed E-state index contributed by atoms with van der Waals surface area (Å²) in [6.45, 7) is 9.28. The number of nitrogens with one attached hydrogen (secondary N) is 1. The molecular formula is C20H36N8OS. The zero-order valence-corrected chi connectivity index (χ0v) is 19.5. The molecule has 10 heteroatoms.